The minimum absolute atomic E-state index is 0.286. The van der Waals surface area contributed by atoms with Gasteiger partial charge in [0.2, 0.25) is 0 Å². The summed E-state index contributed by atoms with van der Waals surface area (Å²) in [7, 11) is 0. The molecule has 1 saturated carbocycles. The summed E-state index contributed by atoms with van der Waals surface area (Å²) in [6, 6.07) is 0. The zero-order valence-corrected chi connectivity index (χ0v) is 6.12. The van der Waals surface area contributed by atoms with Gasteiger partial charge in [0.05, 0.1) is 17.8 Å². The van der Waals surface area contributed by atoms with E-state index >= 15 is 0 Å². The van der Waals surface area contributed by atoms with Gasteiger partial charge in [-0.3, -0.25) is 0 Å². The molecular formula is C7H14O3. The summed E-state index contributed by atoms with van der Waals surface area (Å²) in [5.41, 5.74) is -0.779. The third-order valence-corrected chi connectivity index (χ3v) is 2.07. The van der Waals surface area contributed by atoms with Crippen LogP contribution in [-0.4, -0.2) is 33.1 Å². The standard InChI is InChI=1S/C7H14O3/c1-7(10)3-2-5(8)6(9)4-7/h5-6,8-10H,2-4H2,1H3/t5?,6-,7-/m1/s1. The predicted octanol–water partition coefficient (Wildman–Crippen LogP) is -0.357. The number of aliphatic hydroxyl groups excluding tert-OH is 2. The van der Waals surface area contributed by atoms with E-state index in [1.807, 2.05) is 0 Å². The van der Waals surface area contributed by atoms with Crippen LogP contribution in [0, 0.1) is 0 Å². The summed E-state index contributed by atoms with van der Waals surface area (Å²) in [5, 5.41) is 27.5. The third-order valence-electron chi connectivity index (χ3n) is 2.07. The van der Waals surface area contributed by atoms with Crippen LogP contribution in [0.3, 0.4) is 0 Å². The van der Waals surface area contributed by atoms with Crippen molar-refractivity contribution in [2.45, 2.75) is 44.0 Å². The zero-order valence-electron chi connectivity index (χ0n) is 6.12. The first kappa shape index (κ1) is 7.98. The Hall–Kier alpha value is -0.120. The van der Waals surface area contributed by atoms with Gasteiger partial charge in [0.1, 0.15) is 0 Å². The lowest BCUT2D eigenvalue weighted by atomic mass is 9.83. The number of rotatable bonds is 0. The minimum Gasteiger partial charge on any atom is -0.390 e. The average Bonchev–Trinajstić information content (AvgIpc) is 1.79. The molecule has 0 aliphatic heterocycles. The Morgan fingerprint density at radius 2 is 1.90 bits per heavy atom. The molecule has 0 aromatic rings. The molecule has 0 bridgehead atoms. The highest BCUT2D eigenvalue weighted by Gasteiger charge is 2.34. The summed E-state index contributed by atoms with van der Waals surface area (Å²) < 4.78 is 0. The number of hydrogen-bond donors (Lipinski definition) is 3. The molecular weight excluding hydrogens is 132 g/mol. The van der Waals surface area contributed by atoms with Crippen molar-refractivity contribution in [3.8, 4) is 0 Å². The van der Waals surface area contributed by atoms with E-state index in [0.717, 1.165) is 0 Å². The molecule has 1 aliphatic carbocycles. The van der Waals surface area contributed by atoms with Crippen LogP contribution in [0.5, 0.6) is 0 Å². The maximum Gasteiger partial charge on any atom is 0.0826 e. The average molecular weight is 146 g/mol. The van der Waals surface area contributed by atoms with Gasteiger partial charge in [-0.15, -0.1) is 0 Å². The molecule has 1 unspecified atom stereocenters. The highest BCUT2D eigenvalue weighted by molar-refractivity contribution is 4.86. The lowest BCUT2D eigenvalue weighted by molar-refractivity contribution is -0.0907. The Labute approximate surface area is 60.3 Å². The first-order valence-corrected chi connectivity index (χ1v) is 3.60. The first-order chi connectivity index (χ1) is 4.51. The Morgan fingerprint density at radius 3 is 2.30 bits per heavy atom. The fourth-order valence-corrected chi connectivity index (χ4v) is 1.34. The highest BCUT2D eigenvalue weighted by atomic mass is 16.3. The zero-order chi connectivity index (χ0) is 7.78. The second kappa shape index (κ2) is 2.49. The maximum absolute atomic E-state index is 9.39. The van der Waals surface area contributed by atoms with Crippen LogP contribution in [0.4, 0.5) is 0 Å². The van der Waals surface area contributed by atoms with Crippen molar-refractivity contribution in [3.05, 3.63) is 0 Å². The molecule has 0 saturated heterocycles. The monoisotopic (exact) mass is 146 g/mol. The van der Waals surface area contributed by atoms with E-state index in [4.69, 9.17) is 10.2 Å². The van der Waals surface area contributed by atoms with Gasteiger partial charge in [-0.1, -0.05) is 0 Å². The molecule has 60 valence electrons. The summed E-state index contributed by atoms with van der Waals surface area (Å²) in [6.45, 7) is 1.68. The van der Waals surface area contributed by atoms with Gasteiger partial charge >= 0.3 is 0 Å². The van der Waals surface area contributed by atoms with Crippen molar-refractivity contribution in [2.24, 2.45) is 0 Å². The van der Waals surface area contributed by atoms with E-state index in [2.05, 4.69) is 0 Å². The largest absolute Gasteiger partial charge is 0.390 e. The molecule has 0 amide bonds. The number of aliphatic hydroxyl groups is 3. The van der Waals surface area contributed by atoms with Gasteiger partial charge in [0, 0.05) is 6.42 Å². The van der Waals surface area contributed by atoms with Crippen LogP contribution in [0.1, 0.15) is 26.2 Å². The fraction of sp³-hybridized carbons (Fsp3) is 1.00. The van der Waals surface area contributed by atoms with Crippen LogP contribution < -0.4 is 0 Å². The molecule has 3 nitrogen and oxygen atoms in total. The summed E-state index contributed by atoms with van der Waals surface area (Å²) >= 11 is 0. The van der Waals surface area contributed by atoms with Crippen LogP contribution >= 0.6 is 0 Å². The van der Waals surface area contributed by atoms with Gasteiger partial charge in [0.15, 0.2) is 0 Å². The molecule has 0 spiro atoms. The Morgan fingerprint density at radius 1 is 1.30 bits per heavy atom. The van der Waals surface area contributed by atoms with E-state index in [9.17, 15) is 5.11 Å². The molecule has 0 aromatic heterocycles. The van der Waals surface area contributed by atoms with E-state index in [1.54, 1.807) is 6.92 Å². The van der Waals surface area contributed by atoms with Crippen LogP contribution in [0.15, 0.2) is 0 Å². The van der Waals surface area contributed by atoms with Crippen molar-refractivity contribution >= 4 is 0 Å². The van der Waals surface area contributed by atoms with Crippen molar-refractivity contribution < 1.29 is 15.3 Å². The van der Waals surface area contributed by atoms with Crippen LogP contribution in [0.25, 0.3) is 0 Å². The maximum atomic E-state index is 9.39. The van der Waals surface area contributed by atoms with Crippen molar-refractivity contribution in [1.29, 1.82) is 0 Å². The predicted molar refractivity (Wildman–Crippen MR) is 36.5 cm³/mol. The second-order valence-corrected chi connectivity index (χ2v) is 3.37. The molecule has 0 aromatic carbocycles. The van der Waals surface area contributed by atoms with Crippen LogP contribution in [-0.2, 0) is 0 Å². The fourth-order valence-electron chi connectivity index (χ4n) is 1.34. The quantitative estimate of drug-likeness (QED) is 0.437. The molecule has 1 fully saturated rings. The molecule has 0 heterocycles. The Balaban J connectivity index is 2.49. The van der Waals surface area contributed by atoms with Gasteiger partial charge < -0.3 is 15.3 Å². The minimum atomic E-state index is -0.779. The summed E-state index contributed by atoms with van der Waals surface area (Å²) in [6.07, 6.45) is -0.0305. The van der Waals surface area contributed by atoms with Gasteiger partial charge in [-0.25, -0.2) is 0 Å². The van der Waals surface area contributed by atoms with Gasteiger partial charge in [-0.2, -0.15) is 0 Å². The molecule has 3 atom stereocenters. The van der Waals surface area contributed by atoms with Crippen molar-refractivity contribution in [3.63, 3.8) is 0 Å². The van der Waals surface area contributed by atoms with Gasteiger partial charge in [0.25, 0.3) is 0 Å². The topological polar surface area (TPSA) is 60.7 Å². The molecule has 3 heteroatoms. The lowest BCUT2D eigenvalue weighted by Gasteiger charge is -2.34. The Bertz CT molecular complexity index is 122. The van der Waals surface area contributed by atoms with Crippen LogP contribution in [0.2, 0.25) is 0 Å². The summed E-state index contributed by atoms with van der Waals surface area (Å²) in [4.78, 5) is 0. The third kappa shape index (κ3) is 1.68. The first-order valence-electron chi connectivity index (χ1n) is 3.60. The molecule has 10 heavy (non-hydrogen) atoms. The molecule has 3 N–H and O–H groups in total. The van der Waals surface area contributed by atoms with E-state index in [1.165, 1.54) is 0 Å². The lowest BCUT2D eigenvalue weighted by Crippen LogP contribution is -2.42. The smallest absolute Gasteiger partial charge is 0.0826 e. The van der Waals surface area contributed by atoms with E-state index < -0.39 is 17.8 Å². The normalized spacial score (nSPS) is 49.2. The van der Waals surface area contributed by atoms with E-state index in [-0.39, 0.29) is 6.42 Å². The highest BCUT2D eigenvalue weighted by Crippen LogP contribution is 2.27. The molecule has 0 radical (unpaired) electrons. The number of hydrogen-bond acceptors (Lipinski definition) is 3. The molecule has 1 rings (SSSR count). The van der Waals surface area contributed by atoms with Gasteiger partial charge in [-0.05, 0) is 19.8 Å². The van der Waals surface area contributed by atoms with Crippen molar-refractivity contribution in [2.75, 3.05) is 0 Å². The van der Waals surface area contributed by atoms with Crippen molar-refractivity contribution in [1.82, 2.24) is 0 Å². The SMILES string of the molecule is C[C@@]1(O)CCC(O)[C@H](O)C1. The second-order valence-electron chi connectivity index (χ2n) is 3.37. The molecule has 1 aliphatic rings. The summed E-state index contributed by atoms with van der Waals surface area (Å²) in [5.74, 6) is 0. The van der Waals surface area contributed by atoms with E-state index in [0.29, 0.717) is 12.8 Å². The Kier molecular flexibility index (Phi) is 1.99.